The third kappa shape index (κ3) is 13.8. The Balaban J connectivity index is 1.32. The second-order valence-electron chi connectivity index (χ2n) is 22.0. The first-order valence-corrected chi connectivity index (χ1v) is 23.3. The molecule has 0 bridgehead atoms. The fourth-order valence-corrected chi connectivity index (χ4v) is 8.84. The number of carbonyl (C=O) groups excluding carboxylic acids is 4. The van der Waals surface area contributed by atoms with Crippen molar-refractivity contribution in [2.24, 2.45) is 23.7 Å². The lowest BCUT2D eigenvalue weighted by atomic mass is 9.85. The molecule has 12 heteroatoms. The summed E-state index contributed by atoms with van der Waals surface area (Å²) in [6.07, 6.45) is 2.24. The quantitative estimate of drug-likeness (QED) is 0.101. The van der Waals surface area contributed by atoms with Crippen LogP contribution >= 0.6 is 0 Å². The Morgan fingerprint density at radius 2 is 1.06 bits per heavy atom. The zero-order chi connectivity index (χ0) is 47.5. The van der Waals surface area contributed by atoms with Crippen molar-refractivity contribution in [2.45, 2.75) is 144 Å². The molecule has 0 aliphatic carbocycles. The van der Waals surface area contributed by atoms with E-state index in [1.807, 2.05) is 113 Å². The lowest BCUT2D eigenvalue weighted by Crippen LogP contribution is -2.38. The van der Waals surface area contributed by atoms with Gasteiger partial charge >= 0.3 is 24.1 Å². The molecule has 4 aromatic rings. The highest BCUT2D eigenvalue weighted by molar-refractivity contribution is 5.82. The number of aromatic nitrogens is 2. The Morgan fingerprint density at radius 1 is 0.585 bits per heavy atom. The van der Waals surface area contributed by atoms with Gasteiger partial charge in [0.1, 0.15) is 28.2 Å². The van der Waals surface area contributed by atoms with E-state index in [0.29, 0.717) is 58.4 Å². The summed E-state index contributed by atoms with van der Waals surface area (Å²) >= 11 is 0. The van der Waals surface area contributed by atoms with Crippen LogP contribution in [0.1, 0.15) is 113 Å². The third-order valence-corrected chi connectivity index (χ3v) is 11.7. The third-order valence-electron chi connectivity index (χ3n) is 11.7. The minimum Gasteiger partial charge on any atom is -0.460 e. The average Bonchev–Trinajstić information content (AvgIpc) is 3.96. The number of ether oxygens (including phenoxy) is 4. The Hall–Kier alpha value is -5.39. The van der Waals surface area contributed by atoms with E-state index in [0.717, 1.165) is 40.0 Å². The van der Waals surface area contributed by atoms with Crippen molar-refractivity contribution in [1.29, 1.82) is 0 Å². The van der Waals surface area contributed by atoms with Crippen molar-refractivity contribution in [1.82, 2.24) is 19.4 Å². The molecule has 352 valence electrons. The fourth-order valence-electron chi connectivity index (χ4n) is 8.84. The van der Waals surface area contributed by atoms with E-state index >= 15 is 0 Å². The lowest BCUT2D eigenvalue weighted by molar-refractivity contribution is -0.163. The van der Waals surface area contributed by atoms with Gasteiger partial charge in [0.25, 0.3) is 0 Å². The van der Waals surface area contributed by atoms with Gasteiger partial charge in [-0.2, -0.15) is 0 Å². The maximum atomic E-state index is 14.0. The molecule has 3 aromatic carbocycles. The standard InChI is InChI=1S/C53H72N4O8/c1-50(2,3)62-46(58)41(39-24-26-55(33-39)48(60)64-52(7,8)9)30-36-19-16-20-38(29-36)45-54-43-32-37(21-22-44(43)57(45)28-23-35-17-14-13-15-18-35)31-42(47(59)63-51(4,5)6)40-25-27-56(34-40)49(61)65-53(10,11)12/h13-22,29,32,39-42H,23-28,30-31,33-34H2,1-12H3/t39-,40-,41-,42-/m0/s1. The number of hydrogen-bond acceptors (Lipinski definition) is 9. The van der Waals surface area contributed by atoms with Crippen LogP contribution in [0.4, 0.5) is 9.59 Å². The zero-order valence-electron chi connectivity index (χ0n) is 40.9. The van der Waals surface area contributed by atoms with Crippen LogP contribution in [0.5, 0.6) is 0 Å². The summed E-state index contributed by atoms with van der Waals surface area (Å²) in [4.78, 5) is 62.7. The molecule has 2 saturated heterocycles. The maximum Gasteiger partial charge on any atom is 0.410 e. The van der Waals surface area contributed by atoms with Gasteiger partial charge in [-0.25, -0.2) is 14.6 Å². The van der Waals surface area contributed by atoms with Crippen molar-refractivity contribution in [3.63, 3.8) is 0 Å². The summed E-state index contributed by atoms with van der Waals surface area (Å²) in [6.45, 7) is 24.9. The molecule has 4 atom stereocenters. The number of fused-ring (bicyclic) bond motifs is 1. The molecule has 2 aliphatic rings. The first-order valence-electron chi connectivity index (χ1n) is 23.3. The van der Waals surface area contributed by atoms with E-state index in [1.54, 1.807) is 9.80 Å². The van der Waals surface area contributed by atoms with Crippen LogP contribution in [0.25, 0.3) is 22.4 Å². The predicted octanol–water partition coefficient (Wildman–Crippen LogP) is 10.5. The van der Waals surface area contributed by atoms with Crippen LogP contribution in [0.15, 0.2) is 72.8 Å². The second kappa shape index (κ2) is 19.6. The van der Waals surface area contributed by atoms with Gasteiger partial charge in [-0.1, -0.05) is 54.6 Å². The first-order chi connectivity index (χ1) is 30.3. The highest BCUT2D eigenvalue weighted by Gasteiger charge is 2.41. The van der Waals surface area contributed by atoms with Crippen molar-refractivity contribution in [3.05, 3.63) is 89.5 Å². The zero-order valence-corrected chi connectivity index (χ0v) is 40.9. The number of aryl methyl sites for hydroxylation is 2. The van der Waals surface area contributed by atoms with Crippen LogP contribution in [-0.2, 0) is 54.3 Å². The van der Waals surface area contributed by atoms with Gasteiger partial charge in [-0.15, -0.1) is 0 Å². The van der Waals surface area contributed by atoms with Gasteiger partial charge in [0, 0.05) is 38.3 Å². The largest absolute Gasteiger partial charge is 0.460 e. The van der Waals surface area contributed by atoms with Crippen LogP contribution in [0.3, 0.4) is 0 Å². The number of amides is 2. The minimum atomic E-state index is -0.673. The van der Waals surface area contributed by atoms with E-state index in [1.165, 1.54) is 5.56 Å². The molecule has 2 fully saturated rings. The molecule has 12 nitrogen and oxygen atoms in total. The lowest BCUT2D eigenvalue weighted by Gasteiger charge is -2.28. The van der Waals surface area contributed by atoms with E-state index in [2.05, 4.69) is 47.0 Å². The van der Waals surface area contributed by atoms with Crippen LogP contribution in [0.2, 0.25) is 0 Å². The summed E-state index contributed by atoms with van der Waals surface area (Å²) in [5.41, 5.74) is 3.23. The predicted molar refractivity (Wildman–Crippen MR) is 253 cm³/mol. The number of likely N-dealkylation sites (tertiary alicyclic amines) is 2. The van der Waals surface area contributed by atoms with Crippen molar-refractivity contribution in [3.8, 4) is 11.4 Å². The van der Waals surface area contributed by atoms with Gasteiger partial charge in [-0.05, 0) is 162 Å². The molecule has 65 heavy (non-hydrogen) atoms. The second-order valence-corrected chi connectivity index (χ2v) is 22.0. The molecule has 0 saturated carbocycles. The van der Waals surface area contributed by atoms with Crippen molar-refractivity contribution < 1.29 is 38.1 Å². The summed E-state index contributed by atoms with van der Waals surface area (Å²) in [6, 6.07) is 24.9. The van der Waals surface area contributed by atoms with Crippen LogP contribution < -0.4 is 0 Å². The van der Waals surface area contributed by atoms with Gasteiger partial charge in [0.15, 0.2) is 0 Å². The summed E-state index contributed by atoms with van der Waals surface area (Å²) < 4.78 is 25.6. The minimum absolute atomic E-state index is 0.107. The smallest absolute Gasteiger partial charge is 0.410 e. The average molecular weight is 893 g/mol. The van der Waals surface area contributed by atoms with Gasteiger partial charge < -0.3 is 33.3 Å². The number of hydrogen-bond donors (Lipinski definition) is 0. The van der Waals surface area contributed by atoms with E-state index < -0.39 is 34.2 Å². The summed E-state index contributed by atoms with van der Waals surface area (Å²) in [5, 5.41) is 0. The van der Waals surface area contributed by atoms with Crippen molar-refractivity contribution >= 4 is 35.2 Å². The first kappa shape index (κ1) is 49.1. The number of carbonyl (C=O) groups is 4. The van der Waals surface area contributed by atoms with Crippen LogP contribution in [-0.4, -0.2) is 92.1 Å². The molecular weight excluding hydrogens is 821 g/mol. The van der Waals surface area contributed by atoms with Gasteiger partial charge in [0.05, 0.1) is 22.9 Å². The summed E-state index contributed by atoms with van der Waals surface area (Å²) in [5.74, 6) is -0.934. The fraction of sp³-hybridized carbons (Fsp3) is 0.566. The number of rotatable bonds is 12. The Kier molecular flexibility index (Phi) is 14.8. The molecular formula is C53H72N4O8. The van der Waals surface area contributed by atoms with Crippen LogP contribution in [0, 0.1) is 23.7 Å². The van der Waals surface area contributed by atoms with Crippen molar-refractivity contribution in [2.75, 3.05) is 26.2 Å². The van der Waals surface area contributed by atoms with E-state index in [9.17, 15) is 19.2 Å². The van der Waals surface area contributed by atoms with E-state index in [-0.39, 0.29) is 36.0 Å². The van der Waals surface area contributed by atoms with E-state index in [4.69, 9.17) is 23.9 Å². The SMILES string of the molecule is CC(C)(C)OC(=O)[C@@H](Cc1cccc(-c2nc3cc(C[C@H](C(=O)OC(C)(C)C)[C@H]4CCN(C(=O)OC(C)(C)C)C4)ccc3n2CCc2ccccc2)c1)[C@H]1CCN(C(=O)OC(C)(C)C)C1. The molecule has 0 radical (unpaired) electrons. The highest BCUT2D eigenvalue weighted by Crippen LogP contribution is 2.35. The Morgan fingerprint density at radius 3 is 1.55 bits per heavy atom. The summed E-state index contributed by atoms with van der Waals surface area (Å²) in [7, 11) is 0. The number of benzene rings is 3. The number of imidazole rings is 1. The molecule has 2 amide bonds. The normalized spacial score (nSPS) is 18.1. The topological polar surface area (TPSA) is 129 Å². The number of nitrogens with zero attached hydrogens (tertiary/aromatic N) is 4. The molecule has 2 aliphatic heterocycles. The molecule has 3 heterocycles. The maximum absolute atomic E-state index is 14.0. The van der Waals surface area contributed by atoms with Gasteiger partial charge in [0.2, 0.25) is 0 Å². The number of esters is 2. The Labute approximate surface area is 386 Å². The molecule has 0 unspecified atom stereocenters. The van der Waals surface area contributed by atoms with Gasteiger partial charge in [-0.3, -0.25) is 9.59 Å². The Bertz CT molecular complexity index is 2310. The molecule has 6 rings (SSSR count). The monoisotopic (exact) mass is 893 g/mol. The molecule has 1 aromatic heterocycles. The molecule has 0 spiro atoms. The molecule has 0 N–H and O–H groups in total. The highest BCUT2D eigenvalue weighted by atomic mass is 16.6.